The molecule has 0 spiro atoms. The Morgan fingerprint density at radius 2 is 1.00 bits per heavy atom. The second-order valence-electron chi connectivity index (χ2n) is 2.83. The van der Waals surface area contributed by atoms with E-state index in [-0.39, 0.29) is 0 Å². The predicted molar refractivity (Wildman–Crippen MR) is 44.0 cm³/mol. The van der Waals surface area contributed by atoms with Gasteiger partial charge in [-0.2, -0.15) is 0 Å². The Kier molecular flexibility index (Phi) is 1.89. The molecule has 0 saturated heterocycles. The van der Waals surface area contributed by atoms with E-state index in [1.165, 1.54) is 17.8 Å². The molecule has 0 nitrogen and oxygen atoms in total. The van der Waals surface area contributed by atoms with Crippen molar-refractivity contribution in [3.8, 4) is 0 Å². The van der Waals surface area contributed by atoms with Gasteiger partial charge in [0.05, 0.1) is 13.8 Å². The third kappa shape index (κ3) is 0.902. The minimum atomic E-state index is 1.11. The van der Waals surface area contributed by atoms with E-state index in [1.807, 2.05) is 0 Å². The molecule has 5 radical (unpaired) electrons. The third-order valence-corrected chi connectivity index (χ3v) is 2.39. The highest BCUT2D eigenvalue weighted by Gasteiger charge is 2.51. The summed E-state index contributed by atoms with van der Waals surface area (Å²) in [5.41, 5.74) is 0. The van der Waals surface area contributed by atoms with Gasteiger partial charge in [-0.25, -0.2) is 0 Å². The summed E-state index contributed by atoms with van der Waals surface area (Å²) >= 11 is 0. The summed E-state index contributed by atoms with van der Waals surface area (Å²) in [6.45, 7) is 14.2. The van der Waals surface area contributed by atoms with Crippen molar-refractivity contribution in [1.29, 1.82) is 0 Å². The molecule has 1 rings (SSSR count). The largest absolute Gasteiger partial charge is 0.213 e. The van der Waals surface area contributed by atoms with Crippen LogP contribution in [0.2, 0.25) is 0 Å². The molecular formula is C10H13+2. The van der Waals surface area contributed by atoms with Crippen LogP contribution < -0.4 is 0 Å². The van der Waals surface area contributed by atoms with Crippen LogP contribution in [0.5, 0.6) is 0 Å². The third-order valence-electron chi connectivity index (χ3n) is 2.39. The topological polar surface area (TPSA) is 0 Å². The van der Waals surface area contributed by atoms with Crippen molar-refractivity contribution in [2.24, 2.45) is 0 Å². The summed E-state index contributed by atoms with van der Waals surface area (Å²) in [6, 6.07) is 0. The molecule has 0 bridgehead atoms. The molecule has 10 heavy (non-hydrogen) atoms. The second-order valence-corrected chi connectivity index (χ2v) is 2.83. The Balaban J connectivity index is 2.68. The SMILES string of the molecule is [CH2+][C]1[C]([CH2+])[C](C)[C](C)[C]1C. The van der Waals surface area contributed by atoms with E-state index in [4.69, 9.17) is 0 Å². The van der Waals surface area contributed by atoms with Gasteiger partial charge < -0.3 is 0 Å². The molecule has 0 heterocycles. The smallest absolute Gasteiger partial charge is 0.0576 e. The van der Waals surface area contributed by atoms with Crippen LogP contribution >= 0.6 is 0 Å². The van der Waals surface area contributed by atoms with Gasteiger partial charge in [0, 0.05) is 11.8 Å². The Morgan fingerprint density at radius 1 is 0.700 bits per heavy atom. The molecule has 0 atom stereocenters. The van der Waals surface area contributed by atoms with Gasteiger partial charge in [-0.05, 0) is 5.92 Å². The average Bonchev–Trinajstić information content (AvgIpc) is 2.07. The lowest BCUT2D eigenvalue weighted by Gasteiger charge is -2.07. The van der Waals surface area contributed by atoms with Crippen LogP contribution in [0.1, 0.15) is 20.8 Å². The van der Waals surface area contributed by atoms with Crippen LogP contribution in [0.15, 0.2) is 0 Å². The van der Waals surface area contributed by atoms with Gasteiger partial charge in [-0.15, -0.1) is 0 Å². The van der Waals surface area contributed by atoms with Crippen LogP contribution in [0, 0.1) is 43.4 Å². The lowest BCUT2D eigenvalue weighted by Crippen LogP contribution is -2.01. The van der Waals surface area contributed by atoms with E-state index < -0.39 is 0 Å². The molecule has 51 valence electrons. The zero-order valence-electron chi connectivity index (χ0n) is 6.91. The van der Waals surface area contributed by atoms with Gasteiger partial charge in [0.2, 0.25) is 11.8 Å². The molecule has 0 aromatic rings. The van der Waals surface area contributed by atoms with E-state index in [0.717, 1.165) is 11.8 Å². The van der Waals surface area contributed by atoms with E-state index in [9.17, 15) is 0 Å². The maximum absolute atomic E-state index is 3.94. The Bertz CT molecular complexity index is 72.4. The standard InChI is InChI=1S/C10H13/c1-6-7(2)9(4)10(5)8(6)3/h1-2H2,3-5H3/q+2. The van der Waals surface area contributed by atoms with Gasteiger partial charge >= 0.3 is 0 Å². The summed E-state index contributed by atoms with van der Waals surface area (Å²) in [5, 5.41) is 0. The normalized spacial score (nSPS) is 28.3. The first-order valence-electron chi connectivity index (χ1n) is 3.46. The van der Waals surface area contributed by atoms with Crippen molar-refractivity contribution in [3.63, 3.8) is 0 Å². The highest BCUT2D eigenvalue weighted by Crippen LogP contribution is 2.51. The highest BCUT2D eigenvalue weighted by atomic mass is 14.4. The summed E-state index contributed by atoms with van der Waals surface area (Å²) < 4.78 is 0. The average molecular weight is 133 g/mol. The molecule has 1 aliphatic rings. The quantitative estimate of drug-likeness (QED) is 0.445. The molecule has 0 amide bonds. The van der Waals surface area contributed by atoms with Crippen LogP contribution in [0.25, 0.3) is 0 Å². The lowest BCUT2D eigenvalue weighted by atomic mass is 9.92. The van der Waals surface area contributed by atoms with E-state index >= 15 is 0 Å². The van der Waals surface area contributed by atoms with Crippen LogP contribution in [0.3, 0.4) is 0 Å². The maximum Gasteiger partial charge on any atom is 0.213 e. The second kappa shape index (κ2) is 2.41. The van der Waals surface area contributed by atoms with Gasteiger partial charge in [0.1, 0.15) is 0 Å². The van der Waals surface area contributed by atoms with E-state index in [2.05, 4.69) is 34.6 Å². The zero-order chi connectivity index (χ0) is 7.89. The Morgan fingerprint density at radius 3 is 1.10 bits per heavy atom. The molecule has 1 aliphatic carbocycles. The van der Waals surface area contributed by atoms with Crippen molar-refractivity contribution in [2.45, 2.75) is 20.8 Å². The summed E-state index contributed by atoms with van der Waals surface area (Å²) in [7, 11) is 0. The van der Waals surface area contributed by atoms with Gasteiger partial charge in [0.15, 0.2) is 0 Å². The minimum absolute atomic E-state index is 1.11. The minimum Gasteiger partial charge on any atom is -0.0576 e. The summed E-state index contributed by atoms with van der Waals surface area (Å²) in [6.07, 6.45) is 0. The van der Waals surface area contributed by atoms with Crippen LogP contribution in [-0.4, -0.2) is 0 Å². The van der Waals surface area contributed by atoms with E-state index in [1.54, 1.807) is 0 Å². The molecule has 0 N–H and O–H groups in total. The molecule has 0 aromatic heterocycles. The van der Waals surface area contributed by atoms with Gasteiger partial charge in [-0.1, -0.05) is 20.8 Å². The predicted octanol–water partition coefficient (Wildman–Crippen LogP) is 2.60. The van der Waals surface area contributed by atoms with Crippen LogP contribution in [0.4, 0.5) is 0 Å². The molecule has 0 aromatic carbocycles. The molecular weight excluding hydrogens is 120 g/mol. The van der Waals surface area contributed by atoms with Crippen molar-refractivity contribution >= 4 is 0 Å². The highest BCUT2D eigenvalue weighted by molar-refractivity contribution is 5.61. The van der Waals surface area contributed by atoms with Crippen molar-refractivity contribution < 1.29 is 0 Å². The first-order valence-corrected chi connectivity index (χ1v) is 3.46. The Labute approximate surface area is 65.0 Å². The van der Waals surface area contributed by atoms with Gasteiger partial charge in [0.25, 0.3) is 0 Å². The fourth-order valence-electron chi connectivity index (χ4n) is 1.19. The summed E-state index contributed by atoms with van der Waals surface area (Å²) in [4.78, 5) is 0. The van der Waals surface area contributed by atoms with Crippen molar-refractivity contribution in [1.82, 2.24) is 0 Å². The molecule has 0 aliphatic heterocycles. The van der Waals surface area contributed by atoms with Crippen molar-refractivity contribution in [3.05, 3.63) is 43.4 Å². The van der Waals surface area contributed by atoms with Gasteiger partial charge in [-0.3, -0.25) is 0 Å². The first kappa shape index (κ1) is 7.84. The van der Waals surface area contributed by atoms with Crippen LogP contribution in [-0.2, 0) is 0 Å². The molecule has 0 heteroatoms. The molecule has 1 fully saturated rings. The molecule has 0 unspecified atom stereocenters. The fraction of sp³-hybridized carbons (Fsp3) is 0.300. The fourth-order valence-corrected chi connectivity index (χ4v) is 1.19. The first-order chi connectivity index (χ1) is 4.55. The number of hydrogen-bond donors (Lipinski definition) is 0. The Hall–Kier alpha value is -0.260. The maximum atomic E-state index is 3.94. The lowest BCUT2D eigenvalue weighted by molar-refractivity contribution is 0.984. The van der Waals surface area contributed by atoms with Crippen molar-refractivity contribution in [2.75, 3.05) is 0 Å². The number of hydrogen-bond acceptors (Lipinski definition) is 0. The van der Waals surface area contributed by atoms with E-state index in [0.29, 0.717) is 0 Å². The number of rotatable bonds is 0. The zero-order valence-corrected chi connectivity index (χ0v) is 6.91. The monoisotopic (exact) mass is 133 g/mol. The molecule has 1 saturated carbocycles. The summed E-state index contributed by atoms with van der Waals surface area (Å²) in [5.74, 6) is 6.14.